The van der Waals surface area contributed by atoms with Gasteiger partial charge in [-0.15, -0.1) is 11.3 Å². The molecular formula is C14H21N3O2S. The highest BCUT2D eigenvalue weighted by molar-refractivity contribution is 7.15. The molecule has 2 heterocycles. The van der Waals surface area contributed by atoms with Crippen LogP contribution in [0.25, 0.3) is 4.96 Å². The molecule has 3 rings (SSSR count). The summed E-state index contributed by atoms with van der Waals surface area (Å²) in [6.45, 7) is 1.76. The van der Waals surface area contributed by atoms with Crippen molar-refractivity contribution in [3.63, 3.8) is 0 Å². The fourth-order valence-electron chi connectivity index (χ4n) is 2.88. The van der Waals surface area contributed by atoms with Gasteiger partial charge in [-0.3, -0.25) is 4.40 Å². The molecule has 0 aliphatic heterocycles. The van der Waals surface area contributed by atoms with Crippen molar-refractivity contribution in [2.24, 2.45) is 5.92 Å². The van der Waals surface area contributed by atoms with Gasteiger partial charge >= 0.3 is 0 Å². The lowest BCUT2D eigenvalue weighted by Gasteiger charge is -2.25. The molecule has 110 valence electrons. The van der Waals surface area contributed by atoms with Crippen LogP contribution in [0.5, 0.6) is 5.88 Å². The van der Waals surface area contributed by atoms with E-state index in [9.17, 15) is 5.11 Å². The summed E-state index contributed by atoms with van der Waals surface area (Å²) in [6.07, 6.45) is 6.07. The minimum atomic E-state index is -0.0772. The monoisotopic (exact) mass is 295 g/mol. The van der Waals surface area contributed by atoms with E-state index in [0.717, 1.165) is 49.4 Å². The molecule has 6 heteroatoms. The average molecular weight is 295 g/mol. The molecule has 20 heavy (non-hydrogen) atoms. The molecule has 1 aliphatic rings. The normalized spacial score (nSPS) is 23.3. The van der Waals surface area contributed by atoms with E-state index in [4.69, 9.17) is 4.74 Å². The van der Waals surface area contributed by atoms with Gasteiger partial charge in [0.05, 0.1) is 13.2 Å². The van der Waals surface area contributed by atoms with E-state index in [2.05, 4.69) is 14.7 Å². The highest BCUT2D eigenvalue weighted by atomic mass is 32.1. The number of hydrogen-bond acceptors (Lipinski definition) is 5. The van der Waals surface area contributed by atoms with Gasteiger partial charge < -0.3 is 15.2 Å². The smallest absolute Gasteiger partial charge is 0.237 e. The van der Waals surface area contributed by atoms with Crippen molar-refractivity contribution in [2.75, 3.05) is 13.7 Å². The summed E-state index contributed by atoms with van der Waals surface area (Å²) < 4.78 is 7.43. The number of aliphatic hydroxyl groups is 1. The first-order valence-electron chi connectivity index (χ1n) is 7.15. The lowest BCUT2D eigenvalue weighted by molar-refractivity contribution is 0.108. The van der Waals surface area contributed by atoms with Crippen LogP contribution in [0.1, 0.15) is 31.4 Å². The number of nitrogens with zero attached hydrogens (tertiary/aromatic N) is 2. The summed E-state index contributed by atoms with van der Waals surface area (Å²) in [5.41, 5.74) is 1.08. The summed E-state index contributed by atoms with van der Waals surface area (Å²) in [6, 6.07) is 0. The summed E-state index contributed by atoms with van der Waals surface area (Å²) >= 11 is 1.62. The third-order valence-electron chi connectivity index (χ3n) is 4.06. The minimum Gasteiger partial charge on any atom is -0.480 e. The third kappa shape index (κ3) is 2.82. The Labute approximate surface area is 122 Å². The Bertz CT molecular complexity index is 558. The van der Waals surface area contributed by atoms with Crippen molar-refractivity contribution in [1.82, 2.24) is 14.7 Å². The first kappa shape index (κ1) is 13.9. The Kier molecular flexibility index (Phi) is 4.24. The fraction of sp³-hybridized carbons (Fsp3) is 0.643. The van der Waals surface area contributed by atoms with Crippen LogP contribution in [0, 0.1) is 5.92 Å². The van der Waals surface area contributed by atoms with Crippen LogP contribution in [-0.2, 0) is 6.54 Å². The Balaban J connectivity index is 1.58. The number of thiazole rings is 1. The number of methoxy groups -OCH3 is 1. The van der Waals surface area contributed by atoms with Crippen LogP contribution in [0.4, 0.5) is 0 Å². The van der Waals surface area contributed by atoms with Gasteiger partial charge in [-0.05, 0) is 38.1 Å². The van der Waals surface area contributed by atoms with E-state index < -0.39 is 0 Å². The summed E-state index contributed by atoms with van der Waals surface area (Å²) in [4.78, 5) is 5.42. The molecule has 5 nitrogen and oxygen atoms in total. The molecular weight excluding hydrogens is 274 g/mol. The zero-order valence-corrected chi connectivity index (χ0v) is 12.5. The predicted octanol–water partition coefficient (Wildman–Crippen LogP) is 2.05. The van der Waals surface area contributed by atoms with Crippen LogP contribution in [0.2, 0.25) is 0 Å². The zero-order valence-electron chi connectivity index (χ0n) is 11.7. The summed E-state index contributed by atoms with van der Waals surface area (Å²) in [5.74, 6) is 1.39. The number of aromatic nitrogens is 2. The van der Waals surface area contributed by atoms with Gasteiger partial charge in [-0.25, -0.2) is 0 Å². The lowest BCUT2D eigenvalue weighted by Crippen LogP contribution is -2.28. The molecule has 0 amide bonds. The molecule has 2 N–H and O–H groups in total. The quantitative estimate of drug-likeness (QED) is 0.886. The molecule has 0 radical (unpaired) electrons. The number of aliphatic hydroxyl groups excluding tert-OH is 1. The predicted molar refractivity (Wildman–Crippen MR) is 79.3 cm³/mol. The van der Waals surface area contributed by atoms with E-state index in [1.807, 2.05) is 11.6 Å². The Morgan fingerprint density at radius 1 is 1.45 bits per heavy atom. The molecule has 0 spiro atoms. The maximum atomic E-state index is 9.52. The van der Waals surface area contributed by atoms with Gasteiger partial charge in [0.15, 0.2) is 4.96 Å². The van der Waals surface area contributed by atoms with Gasteiger partial charge in [0.25, 0.3) is 0 Å². The van der Waals surface area contributed by atoms with Crippen molar-refractivity contribution in [2.45, 2.75) is 38.3 Å². The highest BCUT2D eigenvalue weighted by Gasteiger charge is 2.19. The van der Waals surface area contributed by atoms with Gasteiger partial charge in [-0.2, -0.15) is 4.98 Å². The fourth-order valence-corrected chi connectivity index (χ4v) is 3.61. The first-order valence-corrected chi connectivity index (χ1v) is 8.03. The second-order valence-corrected chi connectivity index (χ2v) is 6.30. The third-order valence-corrected chi connectivity index (χ3v) is 4.82. The molecule has 0 aromatic carbocycles. The molecule has 1 saturated carbocycles. The van der Waals surface area contributed by atoms with Crippen LogP contribution in [0.3, 0.4) is 0 Å². The zero-order chi connectivity index (χ0) is 13.9. The average Bonchev–Trinajstić information content (AvgIpc) is 3.02. The summed E-state index contributed by atoms with van der Waals surface area (Å²) in [7, 11) is 1.67. The standard InChI is InChI=1S/C14H21N3O2S/c1-19-13-12(17-6-7-20-14(17)16-13)9-15-8-10-2-4-11(18)5-3-10/h6-7,10-11,15,18H,2-5,8-9H2,1H3. The van der Waals surface area contributed by atoms with Crippen LogP contribution >= 0.6 is 11.3 Å². The van der Waals surface area contributed by atoms with Crippen molar-refractivity contribution in [3.05, 3.63) is 17.3 Å². The van der Waals surface area contributed by atoms with Gasteiger partial charge in [0, 0.05) is 18.1 Å². The van der Waals surface area contributed by atoms with Crippen LogP contribution in [-0.4, -0.2) is 34.2 Å². The van der Waals surface area contributed by atoms with E-state index >= 15 is 0 Å². The topological polar surface area (TPSA) is 58.8 Å². The van der Waals surface area contributed by atoms with Crippen molar-refractivity contribution in [3.8, 4) is 5.88 Å². The molecule has 0 bridgehead atoms. The molecule has 1 aliphatic carbocycles. The van der Waals surface area contributed by atoms with E-state index in [-0.39, 0.29) is 6.10 Å². The number of hydrogen-bond donors (Lipinski definition) is 2. The SMILES string of the molecule is COc1nc2sccn2c1CNCC1CCC(O)CC1. The van der Waals surface area contributed by atoms with E-state index in [1.165, 1.54) is 0 Å². The Morgan fingerprint density at radius 3 is 3.00 bits per heavy atom. The van der Waals surface area contributed by atoms with Gasteiger partial charge in [0.2, 0.25) is 5.88 Å². The van der Waals surface area contributed by atoms with Crippen LogP contribution < -0.4 is 10.1 Å². The highest BCUT2D eigenvalue weighted by Crippen LogP contribution is 2.25. The molecule has 0 atom stereocenters. The maximum absolute atomic E-state index is 9.52. The second kappa shape index (κ2) is 6.11. The summed E-state index contributed by atoms with van der Waals surface area (Å²) in [5, 5.41) is 15.1. The molecule has 0 unspecified atom stereocenters. The van der Waals surface area contributed by atoms with E-state index in [0.29, 0.717) is 11.8 Å². The molecule has 2 aromatic rings. The van der Waals surface area contributed by atoms with Crippen molar-refractivity contribution in [1.29, 1.82) is 0 Å². The maximum Gasteiger partial charge on any atom is 0.237 e. The number of ether oxygens (including phenoxy) is 1. The number of imidazole rings is 1. The van der Waals surface area contributed by atoms with Gasteiger partial charge in [0.1, 0.15) is 5.69 Å². The number of rotatable bonds is 5. The first-order chi connectivity index (χ1) is 9.78. The number of nitrogens with one attached hydrogen (secondary N) is 1. The Morgan fingerprint density at radius 2 is 2.25 bits per heavy atom. The minimum absolute atomic E-state index is 0.0772. The van der Waals surface area contributed by atoms with Gasteiger partial charge in [-0.1, -0.05) is 0 Å². The molecule has 1 fully saturated rings. The van der Waals surface area contributed by atoms with Crippen molar-refractivity contribution >= 4 is 16.3 Å². The second-order valence-electron chi connectivity index (χ2n) is 5.43. The van der Waals surface area contributed by atoms with Crippen molar-refractivity contribution < 1.29 is 9.84 Å². The molecule has 2 aromatic heterocycles. The largest absolute Gasteiger partial charge is 0.480 e. The number of fused-ring (bicyclic) bond motifs is 1. The lowest BCUT2D eigenvalue weighted by atomic mass is 9.87. The Hall–Kier alpha value is -1.11. The van der Waals surface area contributed by atoms with E-state index in [1.54, 1.807) is 18.4 Å². The molecule has 0 saturated heterocycles. The van der Waals surface area contributed by atoms with Crippen LogP contribution in [0.15, 0.2) is 11.6 Å².